The number of aliphatic imine (C=N–C) groups is 1. The van der Waals surface area contributed by atoms with E-state index in [1.54, 1.807) is 25.3 Å². The molecule has 12 nitrogen and oxygen atoms in total. The van der Waals surface area contributed by atoms with Gasteiger partial charge in [-0.05, 0) is 131 Å². The number of methoxy groups -OCH3 is 1. The van der Waals surface area contributed by atoms with Crippen LogP contribution in [0.1, 0.15) is 120 Å². The number of nitrogens with zero attached hydrogens (tertiary/aromatic N) is 4. The fraction of sp³-hybridized carbons (Fsp3) is 0.681. The normalized spacial score (nSPS) is 38.2. The van der Waals surface area contributed by atoms with Crippen molar-refractivity contribution in [1.29, 1.82) is 5.26 Å². The van der Waals surface area contributed by atoms with Crippen LogP contribution in [0.15, 0.2) is 47.5 Å². The van der Waals surface area contributed by atoms with E-state index < -0.39 is 0 Å². The molecule has 0 radical (unpaired) electrons. The second kappa shape index (κ2) is 18.8. The molecule has 2 saturated carbocycles. The fourth-order valence-corrected chi connectivity index (χ4v) is 13.9. The molecule has 8 unspecified atom stereocenters. The first-order valence-electron chi connectivity index (χ1n) is 23.1. The Morgan fingerprint density at radius 2 is 1.77 bits per heavy atom. The van der Waals surface area contributed by atoms with Gasteiger partial charge in [-0.2, -0.15) is 5.26 Å². The van der Waals surface area contributed by atoms with Gasteiger partial charge in [0.15, 0.2) is 0 Å². The van der Waals surface area contributed by atoms with Crippen LogP contribution in [0.4, 0.5) is 0 Å². The molecule has 14 heteroatoms. The molecule has 5 N–H and O–H groups in total. The zero-order valence-electron chi connectivity index (χ0n) is 36.4. The number of carbonyl (C=O) groups is 1. The van der Waals surface area contributed by atoms with Gasteiger partial charge in [0.2, 0.25) is 5.91 Å². The smallest absolute Gasteiger partial charge is 0.238 e. The highest BCUT2D eigenvalue weighted by molar-refractivity contribution is 8.00. The first-order valence-corrected chi connectivity index (χ1v) is 24.5. The number of benzene rings is 2. The minimum Gasteiger partial charge on any atom is -0.490 e. The van der Waals surface area contributed by atoms with Crippen molar-refractivity contribution in [2.24, 2.45) is 22.2 Å². The van der Waals surface area contributed by atoms with Gasteiger partial charge in [-0.3, -0.25) is 19.6 Å². The van der Waals surface area contributed by atoms with Crippen molar-refractivity contribution in [3.05, 3.63) is 64.2 Å². The second-order valence-corrected chi connectivity index (χ2v) is 21.2. The lowest BCUT2D eigenvalue weighted by Gasteiger charge is -2.50. The highest BCUT2D eigenvalue weighted by Gasteiger charge is 2.53. The van der Waals surface area contributed by atoms with Gasteiger partial charge >= 0.3 is 0 Å². The highest BCUT2D eigenvalue weighted by Crippen LogP contribution is 2.50. The van der Waals surface area contributed by atoms with Gasteiger partial charge in [0.25, 0.3) is 0 Å². The summed E-state index contributed by atoms with van der Waals surface area (Å²) in [4.78, 5) is 24.2. The third kappa shape index (κ3) is 9.14. The average Bonchev–Trinajstić information content (AvgIpc) is 3.76. The summed E-state index contributed by atoms with van der Waals surface area (Å²) in [5.41, 5.74) is 18.9. The number of amides is 1. The predicted molar refractivity (Wildman–Crippen MR) is 242 cm³/mol. The largest absolute Gasteiger partial charge is 0.490 e. The van der Waals surface area contributed by atoms with Gasteiger partial charge in [-0.1, -0.05) is 49.7 Å². The van der Waals surface area contributed by atoms with Crippen molar-refractivity contribution in [2.45, 2.75) is 157 Å². The third-order valence-electron chi connectivity index (χ3n) is 15.5. The number of likely N-dealkylation sites (tertiary alicyclic amines) is 1. The monoisotopic (exact) mass is 871 g/mol. The Balaban J connectivity index is 0.749. The number of hydrogen-bond acceptors (Lipinski definition) is 12. The molecule has 330 valence electrons. The summed E-state index contributed by atoms with van der Waals surface area (Å²) in [6, 6.07) is 16.8. The summed E-state index contributed by atoms with van der Waals surface area (Å²) < 4.78 is 11.9. The number of nitrogens with one attached hydrogen (secondary N) is 5. The predicted octanol–water partition coefficient (Wildman–Crippen LogP) is 6.65. The molecule has 2 aromatic carbocycles. The summed E-state index contributed by atoms with van der Waals surface area (Å²) in [5, 5.41) is 13.8. The number of ether oxygens (including phenoxy) is 2. The molecule has 6 fully saturated rings. The van der Waals surface area contributed by atoms with Crippen LogP contribution < -0.4 is 31.8 Å². The van der Waals surface area contributed by atoms with E-state index in [4.69, 9.17) is 31.3 Å². The van der Waals surface area contributed by atoms with Gasteiger partial charge < -0.3 is 14.8 Å². The van der Waals surface area contributed by atoms with Gasteiger partial charge in [0.05, 0.1) is 41.0 Å². The van der Waals surface area contributed by atoms with E-state index in [1.807, 2.05) is 0 Å². The number of hydrogen-bond donors (Lipinski definition) is 5. The summed E-state index contributed by atoms with van der Waals surface area (Å²) in [6.45, 7) is 9.90. The molecule has 1 spiro atoms. The van der Waals surface area contributed by atoms with Crippen molar-refractivity contribution in [3.63, 3.8) is 0 Å². The maximum absolute atomic E-state index is 13.4. The first kappa shape index (κ1) is 43.5. The van der Waals surface area contributed by atoms with Crippen LogP contribution in [-0.4, -0.2) is 102 Å². The average molecular weight is 873 g/mol. The lowest BCUT2D eigenvalue weighted by molar-refractivity contribution is -0.126. The van der Waals surface area contributed by atoms with E-state index in [1.165, 1.54) is 55.4 Å². The Kier molecular flexibility index (Phi) is 13.4. The fourth-order valence-electron chi connectivity index (χ4n) is 11.8. The summed E-state index contributed by atoms with van der Waals surface area (Å²) in [6.07, 6.45) is 13.5. The van der Waals surface area contributed by atoms with Crippen molar-refractivity contribution in [2.75, 3.05) is 26.8 Å². The van der Waals surface area contributed by atoms with Crippen LogP contribution in [0, 0.1) is 28.6 Å². The number of thioether (sulfide) groups is 1. The zero-order chi connectivity index (χ0) is 42.3. The molecule has 9 rings (SSSR count). The molecule has 7 aliphatic rings. The molecule has 5 aliphatic heterocycles. The van der Waals surface area contributed by atoms with E-state index >= 15 is 0 Å². The molecule has 61 heavy (non-hydrogen) atoms. The van der Waals surface area contributed by atoms with Gasteiger partial charge in [0, 0.05) is 42.6 Å². The molecule has 0 aromatic heterocycles. The van der Waals surface area contributed by atoms with Crippen molar-refractivity contribution in [1.82, 2.24) is 36.8 Å². The molecule has 1 amide bonds. The topological polar surface area (TPSA) is 138 Å². The number of nitriles is 1. The summed E-state index contributed by atoms with van der Waals surface area (Å²) in [5.74, 6) is 2.26. The minimum absolute atomic E-state index is 0.0166. The van der Waals surface area contributed by atoms with E-state index in [0.717, 1.165) is 51.6 Å². The van der Waals surface area contributed by atoms with Crippen LogP contribution in [-0.2, 0) is 9.53 Å². The minimum atomic E-state index is -0.228. The molecule has 5 heterocycles. The van der Waals surface area contributed by atoms with E-state index in [0.29, 0.717) is 56.7 Å². The molecule has 2 aromatic rings. The lowest BCUT2D eigenvalue weighted by Crippen LogP contribution is -2.64. The maximum atomic E-state index is 13.4. The standard InChI is InChI=1S/C47H66ClN9O3S/c1-28-29(2)61-46-42(28)43(51-40(26-59-4)44-55-52-30(3)57(44)46)33-8-6-31(7-9-33)32-18-21-47(22-19-32)20-5-23-56(27-47)41-17-16-39(53-54-41)45(58)50-35-11-14-36(15-12-35)60-37-13-10-34(25-49)38(48)24-37/h6-10,13,24,28-30,32,35-36,39-42,44,46,52-55H,5,11-12,14-23,26-27H2,1-4H3,(H,50,58)/t28?,29?,30?,32?,35?,36?,39?,40-,41?,42?,44?,46?,47?/m0/s1. The van der Waals surface area contributed by atoms with Gasteiger partial charge in [0.1, 0.15) is 30.1 Å². The van der Waals surface area contributed by atoms with Crippen LogP contribution >= 0.6 is 23.4 Å². The molecule has 4 saturated heterocycles. The molecule has 2 aliphatic carbocycles. The second-order valence-electron chi connectivity index (χ2n) is 19.3. The Morgan fingerprint density at radius 3 is 2.48 bits per heavy atom. The van der Waals surface area contributed by atoms with E-state index in [-0.39, 0.29) is 48.6 Å². The number of piperidine rings is 1. The number of halogens is 1. The third-order valence-corrected chi connectivity index (χ3v) is 17.5. The zero-order valence-corrected chi connectivity index (χ0v) is 37.9. The SMILES string of the molecule is COC[C@@H]1N=C(c2ccc(C3CCC4(CCCN(C5CCC(C(=O)NC6CCC(Oc7ccc(C#N)c(Cl)c7)CC6)NN5)C4)CC3)cc2)C2C(C)C(C)SC2N2C(C)NNC12. The molecular weight excluding hydrogens is 806 g/mol. The molecular formula is C47H66ClN9O3S. The van der Waals surface area contributed by atoms with Gasteiger partial charge in [-0.15, -0.1) is 11.8 Å². The van der Waals surface area contributed by atoms with Crippen molar-refractivity contribution < 1.29 is 14.3 Å². The summed E-state index contributed by atoms with van der Waals surface area (Å²) in [7, 11) is 1.79. The van der Waals surface area contributed by atoms with Gasteiger partial charge in [-0.25, -0.2) is 21.7 Å². The lowest BCUT2D eigenvalue weighted by atomic mass is 9.65. The van der Waals surface area contributed by atoms with Crippen LogP contribution in [0.3, 0.4) is 0 Å². The quantitative estimate of drug-likeness (QED) is 0.185. The highest BCUT2D eigenvalue weighted by atomic mass is 35.5. The van der Waals surface area contributed by atoms with Crippen molar-refractivity contribution in [3.8, 4) is 11.8 Å². The van der Waals surface area contributed by atoms with Crippen LogP contribution in [0.2, 0.25) is 5.02 Å². The Morgan fingerprint density at radius 1 is 0.984 bits per heavy atom. The molecule has 0 bridgehead atoms. The van der Waals surface area contributed by atoms with Crippen LogP contribution in [0.25, 0.3) is 0 Å². The Labute approximate surface area is 372 Å². The Hall–Kier alpha value is -2.77. The number of carbonyl (C=O) groups excluding carboxylic acids is 1. The number of hydrazine groups is 2. The first-order chi connectivity index (χ1) is 29.6. The number of rotatable bonds is 9. The van der Waals surface area contributed by atoms with Crippen LogP contribution in [0.5, 0.6) is 5.75 Å². The number of fused-ring (bicyclic) bond motifs is 3. The van der Waals surface area contributed by atoms with Crippen molar-refractivity contribution >= 4 is 35.0 Å². The summed E-state index contributed by atoms with van der Waals surface area (Å²) >= 11 is 8.31. The van der Waals surface area contributed by atoms with E-state index in [9.17, 15) is 4.79 Å². The van der Waals surface area contributed by atoms with E-state index in [2.05, 4.69) is 99.7 Å². The maximum Gasteiger partial charge on any atom is 0.238 e. The molecule has 9 atom stereocenters. The Bertz CT molecular complexity index is 1920.